The van der Waals surface area contributed by atoms with E-state index in [9.17, 15) is 0 Å². The van der Waals surface area contributed by atoms with E-state index in [1.165, 1.54) is 6.33 Å². The third kappa shape index (κ3) is 2.38. The first-order chi connectivity index (χ1) is 9.78. The highest BCUT2D eigenvalue weighted by molar-refractivity contribution is 6.30. The lowest BCUT2D eigenvalue weighted by atomic mass is 10.2. The molecule has 0 bridgehead atoms. The van der Waals surface area contributed by atoms with Crippen LogP contribution in [0, 0.1) is 0 Å². The molecule has 0 unspecified atom stereocenters. The number of hydrogen-bond donors (Lipinski definition) is 0. The van der Waals surface area contributed by atoms with Gasteiger partial charge in [-0.05, 0) is 48.5 Å². The van der Waals surface area contributed by atoms with Crippen LogP contribution >= 0.6 is 11.6 Å². The Balaban J connectivity index is 2.02. The molecule has 3 rings (SSSR count). The Morgan fingerprint density at radius 1 is 1.00 bits per heavy atom. The number of hydrogen-bond acceptors (Lipinski definition) is 3. The molecule has 0 amide bonds. The highest BCUT2D eigenvalue weighted by Gasteiger charge is 2.09. The normalized spacial score (nSPS) is 10.5. The number of halogens is 1. The van der Waals surface area contributed by atoms with Crippen molar-refractivity contribution in [3.05, 3.63) is 59.9 Å². The fraction of sp³-hybridized carbons (Fsp3) is 0.0667. The summed E-state index contributed by atoms with van der Waals surface area (Å²) in [6.07, 6.45) is 1.54. The first-order valence-corrected chi connectivity index (χ1v) is 6.46. The maximum Gasteiger partial charge on any atom is 0.163 e. The van der Waals surface area contributed by atoms with Crippen LogP contribution in [0.3, 0.4) is 0 Å². The van der Waals surface area contributed by atoms with Gasteiger partial charge in [-0.2, -0.15) is 5.10 Å². The zero-order chi connectivity index (χ0) is 13.9. The molecule has 0 N–H and O–H groups in total. The molecule has 5 heteroatoms. The minimum atomic E-state index is 0.698. The molecule has 0 fully saturated rings. The van der Waals surface area contributed by atoms with Crippen molar-refractivity contribution in [1.29, 1.82) is 0 Å². The summed E-state index contributed by atoms with van der Waals surface area (Å²) in [6, 6.07) is 15.2. The molecule has 1 heterocycles. The Kier molecular flexibility index (Phi) is 3.39. The molecule has 100 valence electrons. The van der Waals surface area contributed by atoms with Gasteiger partial charge in [-0.25, -0.2) is 9.67 Å². The first-order valence-electron chi connectivity index (χ1n) is 6.08. The van der Waals surface area contributed by atoms with Crippen molar-refractivity contribution in [1.82, 2.24) is 14.8 Å². The van der Waals surface area contributed by atoms with Crippen LogP contribution in [0.5, 0.6) is 5.75 Å². The SMILES string of the molecule is COc1ccc(-n2ncnc2-c2ccc(Cl)cc2)cc1. The summed E-state index contributed by atoms with van der Waals surface area (Å²) >= 11 is 5.91. The maximum absolute atomic E-state index is 5.91. The zero-order valence-electron chi connectivity index (χ0n) is 10.8. The van der Waals surface area contributed by atoms with E-state index in [1.807, 2.05) is 48.5 Å². The van der Waals surface area contributed by atoms with Crippen LogP contribution in [0.1, 0.15) is 0 Å². The minimum absolute atomic E-state index is 0.698. The molecule has 1 aromatic heterocycles. The minimum Gasteiger partial charge on any atom is -0.497 e. The maximum atomic E-state index is 5.91. The van der Waals surface area contributed by atoms with Gasteiger partial charge in [0.1, 0.15) is 12.1 Å². The second-order valence-electron chi connectivity index (χ2n) is 4.20. The van der Waals surface area contributed by atoms with E-state index < -0.39 is 0 Å². The van der Waals surface area contributed by atoms with Crippen molar-refractivity contribution in [2.24, 2.45) is 0 Å². The van der Waals surface area contributed by atoms with E-state index >= 15 is 0 Å². The van der Waals surface area contributed by atoms with Crippen LogP contribution in [0.25, 0.3) is 17.1 Å². The highest BCUT2D eigenvalue weighted by Crippen LogP contribution is 2.23. The van der Waals surface area contributed by atoms with Crippen LogP contribution in [0.4, 0.5) is 0 Å². The van der Waals surface area contributed by atoms with Crippen LogP contribution in [-0.2, 0) is 0 Å². The lowest BCUT2D eigenvalue weighted by Gasteiger charge is -2.07. The molecule has 3 aromatic rings. The Labute approximate surface area is 121 Å². The summed E-state index contributed by atoms with van der Waals surface area (Å²) in [7, 11) is 1.64. The summed E-state index contributed by atoms with van der Waals surface area (Å²) in [5.41, 5.74) is 1.89. The smallest absolute Gasteiger partial charge is 0.163 e. The van der Waals surface area contributed by atoms with E-state index in [2.05, 4.69) is 10.1 Å². The van der Waals surface area contributed by atoms with Crippen LogP contribution in [0.2, 0.25) is 5.02 Å². The summed E-state index contributed by atoms with van der Waals surface area (Å²) < 4.78 is 6.94. The molecule has 0 radical (unpaired) electrons. The van der Waals surface area contributed by atoms with E-state index in [4.69, 9.17) is 16.3 Å². The van der Waals surface area contributed by atoms with Gasteiger partial charge in [-0.1, -0.05) is 11.6 Å². The molecule has 4 nitrogen and oxygen atoms in total. The molecule has 0 aliphatic rings. The topological polar surface area (TPSA) is 39.9 Å². The standard InChI is InChI=1S/C15H12ClN3O/c1-20-14-8-6-13(7-9-14)19-15(17-10-18-19)11-2-4-12(16)5-3-11/h2-10H,1H3. The second kappa shape index (κ2) is 5.35. The van der Waals surface area contributed by atoms with Gasteiger partial charge >= 0.3 is 0 Å². The van der Waals surface area contributed by atoms with Gasteiger partial charge in [0.2, 0.25) is 0 Å². The van der Waals surface area contributed by atoms with Gasteiger partial charge in [-0.15, -0.1) is 0 Å². The van der Waals surface area contributed by atoms with Crippen molar-refractivity contribution < 1.29 is 4.74 Å². The van der Waals surface area contributed by atoms with Crippen molar-refractivity contribution in [3.8, 4) is 22.8 Å². The Bertz CT molecular complexity index is 705. The van der Waals surface area contributed by atoms with Crippen molar-refractivity contribution >= 4 is 11.6 Å². The van der Waals surface area contributed by atoms with E-state index in [-0.39, 0.29) is 0 Å². The lowest BCUT2D eigenvalue weighted by Crippen LogP contribution is -1.99. The van der Waals surface area contributed by atoms with Crippen LogP contribution in [-0.4, -0.2) is 21.9 Å². The number of nitrogens with zero attached hydrogens (tertiary/aromatic N) is 3. The van der Waals surface area contributed by atoms with Crippen molar-refractivity contribution in [2.75, 3.05) is 7.11 Å². The number of benzene rings is 2. The quantitative estimate of drug-likeness (QED) is 0.738. The van der Waals surface area contributed by atoms with E-state index in [0.29, 0.717) is 5.02 Å². The van der Waals surface area contributed by atoms with E-state index in [1.54, 1.807) is 11.8 Å². The molecule has 20 heavy (non-hydrogen) atoms. The Morgan fingerprint density at radius 2 is 1.70 bits per heavy atom. The first kappa shape index (κ1) is 12.7. The number of aromatic nitrogens is 3. The van der Waals surface area contributed by atoms with Crippen molar-refractivity contribution in [2.45, 2.75) is 0 Å². The van der Waals surface area contributed by atoms with Gasteiger partial charge in [0.15, 0.2) is 5.82 Å². The molecule has 0 atom stereocenters. The Hall–Kier alpha value is -2.33. The van der Waals surface area contributed by atoms with Gasteiger partial charge in [-0.3, -0.25) is 0 Å². The van der Waals surface area contributed by atoms with Gasteiger partial charge < -0.3 is 4.74 Å². The summed E-state index contributed by atoms with van der Waals surface area (Å²) in [6.45, 7) is 0. The highest BCUT2D eigenvalue weighted by atomic mass is 35.5. The predicted octanol–water partition coefficient (Wildman–Crippen LogP) is 3.60. The van der Waals surface area contributed by atoms with Gasteiger partial charge in [0, 0.05) is 10.6 Å². The lowest BCUT2D eigenvalue weighted by molar-refractivity contribution is 0.414. The average molecular weight is 286 g/mol. The van der Waals surface area contributed by atoms with Crippen molar-refractivity contribution in [3.63, 3.8) is 0 Å². The number of ether oxygens (including phenoxy) is 1. The fourth-order valence-corrected chi connectivity index (χ4v) is 2.08. The summed E-state index contributed by atoms with van der Waals surface area (Å²) in [5, 5.41) is 4.97. The average Bonchev–Trinajstić information content (AvgIpc) is 2.97. The zero-order valence-corrected chi connectivity index (χ0v) is 11.6. The molecule has 0 saturated carbocycles. The number of methoxy groups -OCH3 is 1. The third-order valence-corrected chi connectivity index (χ3v) is 3.22. The molecular weight excluding hydrogens is 274 g/mol. The molecular formula is C15H12ClN3O. The molecule has 0 aliphatic carbocycles. The van der Waals surface area contributed by atoms with Crippen LogP contribution in [0.15, 0.2) is 54.9 Å². The number of rotatable bonds is 3. The summed E-state index contributed by atoms with van der Waals surface area (Å²) in [5.74, 6) is 1.58. The fourth-order valence-electron chi connectivity index (χ4n) is 1.95. The molecule has 0 aliphatic heterocycles. The third-order valence-electron chi connectivity index (χ3n) is 2.97. The molecule has 2 aromatic carbocycles. The summed E-state index contributed by atoms with van der Waals surface area (Å²) in [4.78, 5) is 4.31. The van der Waals surface area contributed by atoms with E-state index in [0.717, 1.165) is 22.8 Å². The van der Waals surface area contributed by atoms with Gasteiger partial charge in [0.25, 0.3) is 0 Å². The monoisotopic (exact) mass is 285 g/mol. The Morgan fingerprint density at radius 3 is 2.35 bits per heavy atom. The van der Waals surface area contributed by atoms with Crippen LogP contribution < -0.4 is 4.74 Å². The molecule has 0 saturated heterocycles. The molecule has 0 spiro atoms. The second-order valence-corrected chi connectivity index (χ2v) is 4.64. The van der Waals surface area contributed by atoms with Gasteiger partial charge in [0.05, 0.1) is 12.8 Å². The largest absolute Gasteiger partial charge is 0.497 e. The predicted molar refractivity (Wildman–Crippen MR) is 78.4 cm³/mol.